The van der Waals surface area contributed by atoms with Crippen LogP contribution < -0.4 is 16.4 Å². The fourth-order valence-electron chi connectivity index (χ4n) is 3.55. The van der Waals surface area contributed by atoms with E-state index in [2.05, 4.69) is 20.6 Å². The highest BCUT2D eigenvalue weighted by Gasteiger charge is 2.30. The summed E-state index contributed by atoms with van der Waals surface area (Å²) in [6, 6.07) is 16.0. The van der Waals surface area contributed by atoms with Crippen molar-refractivity contribution in [3.05, 3.63) is 113 Å². The van der Waals surface area contributed by atoms with E-state index in [1.807, 2.05) is 18.2 Å². The second kappa shape index (κ2) is 10.5. The fraction of sp³-hybridized carbons (Fsp3) is 0.111. The molecule has 0 saturated carbocycles. The second-order valence-corrected chi connectivity index (χ2v) is 8.32. The standard InChI is InChI=1S/C27H22F3N5O2/c1-16-5-10-21(34-25(36)18-6-8-19(9-7-18)27(28,29)30)13-23(16)26(37)35-22-14-32-24(33-15-22)12-17-3-2-4-20(31)11-17/h2-11,13-15H,12,31H2,1H3,(H,34,36)(H,35,37). The first-order valence-electron chi connectivity index (χ1n) is 11.1. The van der Waals surface area contributed by atoms with E-state index >= 15 is 0 Å². The SMILES string of the molecule is Cc1ccc(NC(=O)c2ccc(C(F)(F)F)cc2)cc1C(=O)Nc1cnc(Cc2cccc(N)c2)nc1. The van der Waals surface area contributed by atoms with Crippen molar-refractivity contribution in [2.45, 2.75) is 19.5 Å². The molecule has 0 bridgehead atoms. The zero-order valence-corrected chi connectivity index (χ0v) is 19.6. The normalized spacial score (nSPS) is 11.1. The quantitative estimate of drug-likeness (QED) is 0.301. The van der Waals surface area contributed by atoms with Gasteiger partial charge in [-0.3, -0.25) is 9.59 Å². The summed E-state index contributed by atoms with van der Waals surface area (Å²) >= 11 is 0. The van der Waals surface area contributed by atoms with Crippen LogP contribution in [-0.2, 0) is 12.6 Å². The minimum absolute atomic E-state index is 0.0509. The third-order valence-electron chi connectivity index (χ3n) is 5.49. The van der Waals surface area contributed by atoms with Crippen LogP contribution in [0.25, 0.3) is 0 Å². The molecule has 4 rings (SSSR count). The first kappa shape index (κ1) is 25.4. The van der Waals surface area contributed by atoms with E-state index in [1.165, 1.54) is 18.5 Å². The highest BCUT2D eigenvalue weighted by Crippen LogP contribution is 2.29. The van der Waals surface area contributed by atoms with Gasteiger partial charge in [-0.2, -0.15) is 13.2 Å². The highest BCUT2D eigenvalue weighted by molar-refractivity contribution is 6.08. The zero-order valence-electron chi connectivity index (χ0n) is 19.6. The van der Waals surface area contributed by atoms with Crippen LogP contribution in [0.3, 0.4) is 0 Å². The summed E-state index contributed by atoms with van der Waals surface area (Å²) in [7, 11) is 0. The van der Waals surface area contributed by atoms with Crippen LogP contribution in [0.1, 0.15) is 43.2 Å². The van der Waals surface area contributed by atoms with Crippen molar-refractivity contribution in [3.63, 3.8) is 0 Å². The van der Waals surface area contributed by atoms with Gasteiger partial charge in [-0.15, -0.1) is 0 Å². The van der Waals surface area contributed by atoms with E-state index in [0.717, 1.165) is 29.8 Å². The smallest absolute Gasteiger partial charge is 0.399 e. The maximum Gasteiger partial charge on any atom is 0.416 e. The molecule has 0 spiro atoms. The van der Waals surface area contributed by atoms with Crippen LogP contribution in [0.5, 0.6) is 0 Å². The van der Waals surface area contributed by atoms with Crippen LogP contribution in [0.4, 0.5) is 30.2 Å². The summed E-state index contributed by atoms with van der Waals surface area (Å²) in [6.07, 6.45) is -1.01. The van der Waals surface area contributed by atoms with Crippen LogP contribution in [-0.4, -0.2) is 21.8 Å². The number of hydrogen-bond acceptors (Lipinski definition) is 5. The molecule has 37 heavy (non-hydrogen) atoms. The lowest BCUT2D eigenvalue weighted by atomic mass is 10.1. The Bertz CT molecular complexity index is 1440. The highest BCUT2D eigenvalue weighted by atomic mass is 19.4. The molecule has 3 aromatic carbocycles. The number of benzene rings is 3. The van der Waals surface area contributed by atoms with E-state index in [4.69, 9.17) is 5.73 Å². The lowest BCUT2D eigenvalue weighted by molar-refractivity contribution is -0.137. The number of aromatic nitrogens is 2. The molecule has 4 aromatic rings. The molecule has 0 fully saturated rings. The fourth-order valence-corrected chi connectivity index (χ4v) is 3.55. The summed E-state index contributed by atoms with van der Waals surface area (Å²) < 4.78 is 38.3. The number of nitrogens with two attached hydrogens (primary N) is 1. The van der Waals surface area contributed by atoms with Crippen molar-refractivity contribution < 1.29 is 22.8 Å². The number of alkyl halides is 3. The van der Waals surface area contributed by atoms with Gasteiger partial charge in [0.05, 0.1) is 23.6 Å². The number of nitrogens with one attached hydrogen (secondary N) is 2. The Labute approximate surface area is 210 Å². The Hall–Kier alpha value is -4.73. The number of aryl methyl sites for hydroxylation is 1. The van der Waals surface area contributed by atoms with Crippen LogP contribution in [0, 0.1) is 6.92 Å². The van der Waals surface area contributed by atoms with Crippen molar-refractivity contribution in [2.24, 2.45) is 0 Å². The molecule has 0 aliphatic rings. The number of rotatable bonds is 6. The largest absolute Gasteiger partial charge is 0.416 e. The summed E-state index contributed by atoms with van der Waals surface area (Å²) in [5, 5.41) is 5.33. The van der Waals surface area contributed by atoms with Gasteiger partial charge in [0.1, 0.15) is 5.82 Å². The van der Waals surface area contributed by atoms with Gasteiger partial charge in [0.2, 0.25) is 0 Å². The average Bonchev–Trinajstić information content (AvgIpc) is 2.86. The molecule has 1 aromatic heterocycles. The van der Waals surface area contributed by atoms with E-state index in [-0.39, 0.29) is 5.56 Å². The van der Waals surface area contributed by atoms with Gasteiger partial charge >= 0.3 is 6.18 Å². The molecule has 10 heteroatoms. The zero-order chi connectivity index (χ0) is 26.6. The Morgan fingerprint density at radius 3 is 2.19 bits per heavy atom. The van der Waals surface area contributed by atoms with Crippen LogP contribution >= 0.6 is 0 Å². The third kappa shape index (κ3) is 6.49. The van der Waals surface area contributed by atoms with Gasteiger partial charge in [0.15, 0.2) is 0 Å². The van der Waals surface area contributed by atoms with Gasteiger partial charge in [-0.1, -0.05) is 18.2 Å². The Kier molecular flexibility index (Phi) is 7.19. The molecule has 4 N–H and O–H groups in total. The maximum absolute atomic E-state index is 12.9. The first-order valence-corrected chi connectivity index (χ1v) is 11.1. The number of carbonyl (C=O) groups is 2. The van der Waals surface area contributed by atoms with Gasteiger partial charge in [-0.25, -0.2) is 9.97 Å². The molecule has 2 amide bonds. The predicted octanol–water partition coefficient (Wildman–Crippen LogP) is 5.48. The van der Waals surface area contributed by atoms with Crippen molar-refractivity contribution in [2.75, 3.05) is 16.4 Å². The van der Waals surface area contributed by atoms with Crippen molar-refractivity contribution >= 4 is 28.9 Å². The number of amides is 2. The van der Waals surface area contributed by atoms with Crippen LogP contribution in [0.2, 0.25) is 0 Å². The number of hydrogen-bond donors (Lipinski definition) is 3. The Balaban J connectivity index is 1.42. The Morgan fingerprint density at radius 1 is 0.865 bits per heavy atom. The number of carbonyl (C=O) groups excluding carboxylic acids is 2. The molecule has 188 valence electrons. The minimum atomic E-state index is -4.49. The first-order chi connectivity index (χ1) is 17.6. The molecular weight excluding hydrogens is 483 g/mol. The summed E-state index contributed by atoms with van der Waals surface area (Å²) in [5.41, 5.74) is 8.27. The third-order valence-corrected chi connectivity index (χ3v) is 5.49. The predicted molar refractivity (Wildman–Crippen MR) is 134 cm³/mol. The van der Waals surface area contributed by atoms with E-state index < -0.39 is 23.6 Å². The Morgan fingerprint density at radius 2 is 1.54 bits per heavy atom. The number of anilines is 3. The van der Waals surface area contributed by atoms with Gasteiger partial charge in [-0.05, 0) is 66.6 Å². The van der Waals surface area contributed by atoms with Gasteiger partial charge in [0, 0.05) is 28.9 Å². The maximum atomic E-state index is 12.9. The molecule has 0 aliphatic heterocycles. The van der Waals surface area contributed by atoms with Gasteiger partial charge < -0.3 is 16.4 Å². The molecule has 0 atom stereocenters. The molecule has 0 saturated heterocycles. The second-order valence-electron chi connectivity index (χ2n) is 8.32. The van der Waals surface area contributed by atoms with Gasteiger partial charge in [0.25, 0.3) is 11.8 Å². The molecule has 1 heterocycles. The minimum Gasteiger partial charge on any atom is -0.399 e. The van der Waals surface area contributed by atoms with E-state index in [9.17, 15) is 22.8 Å². The lowest BCUT2D eigenvalue weighted by Crippen LogP contribution is -2.16. The molecular formula is C27H22F3N5O2. The molecule has 7 nitrogen and oxygen atoms in total. The number of nitrogen functional groups attached to an aromatic ring is 1. The number of nitrogens with zero attached hydrogens (tertiary/aromatic N) is 2. The average molecular weight is 506 g/mol. The monoisotopic (exact) mass is 505 g/mol. The van der Waals surface area contributed by atoms with Crippen molar-refractivity contribution in [1.82, 2.24) is 9.97 Å². The summed E-state index contributed by atoms with van der Waals surface area (Å²) in [6.45, 7) is 1.74. The van der Waals surface area contributed by atoms with Crippen molar-refractivity contribution in [3.8, 4) is 0 Å². The molecule has 0 aliphatic carbocycles. The van der Waals surface area contributed by atoms with Crippen LogP contribution in [0.15, 0.2) is 79.1 Å². The molecule has 0 unspecified atom stereocenters. The lowest BCUT2D eigenvalue weighted by Gasteiger charge is -2.12. The van der Waals surface area contributed by atoms with E-state index in [1.54, 1.807) is 25.1 Å². The van der Waals surface area contributed by atoms with E-state index in [0.29, 0.717) is 40.4 Å². The van der Waals surface area contributed by atoms with Crippen molar-refractivity contribution in [1.29, 1.82) is 0 Å². The molecule has 0 radical (unpaired) electrons. The number of halogens is 3. The summed E-state index contributed by atoms with van der Waals surface area (Å²) in [4.78, 5) is 34.0. The topological polar surface area (TPSA) is 110 Å². The summed E-state index contributed by atoms with van der Waals surface area (Å²) in [5.74, 6) is -0.476.